The van der Waals surface area contributed by atoms with Crippen molar-refractivity contribution in [2.24, 2.45) is 0 Å². The van der Waals surface area contributed by atoms with Gasteiger partial charge in [-0.1, -0.05) is 34.1 Å². The highest BCUT2D eigenvalue weighted by Crippen LogP contribution is 2.41. The molecule has 110 valence electrons. The minimum Gasteiger partial charge on any atom is -0.494 e. The summed E-state index contributed by atoms with van der Waals surface area (Å²) in [6.07, 6.45) is -0.0845. The van der Waals surface area contributed by atoms with Crippen molar-refractivity contribution in [3.05, 3.63) is 58.1 Å². The van der Waals surface area contributed by atoms with E-state index in [2.05, 4.69) is 15.9 Å². The molecule has 1 N–H and O–H groups in total. The zero-order valence-electron chi connectivity index (χ0n) is 11.8. The molecule has 1 aliphatic heterocycles. The molecule has 0 spiro atoms. The van der Waals surface area contributed by atoms with Crippen LogP contribution in [-0.2, 0) is 0 Å². The number of rotatable bonds is 3. The van der Waals surface area contributed by atoms with Gasteiger partial charge in [0.25, 0.3) is 0 Å². The van der Waals surface area contributed by atoms with Crippen molar-refractivity contribution in [3.8, 4) is 11.5 Å². The Morgan fingerprint density at radius 2 is 2.00 bits per heavy atom. The Balaban J connectivity index is 1.84. The zero-order chi connectivity index (χ0) is 14.8. The summed E-state index contributed by atoms with van der Waals surface area (Å²) in [4.78, 5) is 0. The molecular weight excluding hydrogens is 332 g/mol. The molecule has 0 aromatic heterocycles. The molecule has 0 amide bonds. The number of aliphatic hydroxyl groups is 1. The Morgan fingerprint density at radius 1 is 1.24 bits per heavy atom. The maximum absolute atomic E-state index is 10.3. The van der Waals surface area contributed by atoms with Crippen molar-refractivity contribution < 1.29 is 14.6 Å². The second-order valence-electron chi connectivity index (χ2n) is 5.04. The molecule has 2 aromatic carbocycles. The minimum absolute atomic E-state index is 0.141. The maximum atomic E-state index is 10.3. The first kappa shape index (κ1) is 14.4. The molecule has 0 bridgehead atoms. The summed E-state index contributed by atoms with van der Waals surface area (Å²) in [5.41, 5.74) is 1.89. The van der Waals surface area contributed by atoms with Gasteiger partial charge in [0.15, 0.2) is 0 Å². The van der Waals surface area contributed by atoms with E-state index in [-0.39, 0.29) is 6.10 Å². The van der Waals surface area contributed by atoms with Gasteiger partial charge < -0.3 is 14.6 Å². The normalized spacial score (nSPS) is 20.5. The van der Waals surface area contributed by atoms with E-state index in [9.17, 15) is 5.11 Å². The third-order valence-corrected chi connectivity index (χ3v) is 4.10. The van der Waals surface area contributed by atoms with Crippen molar-refractivity contribution in [3.63, 3.8) is 0 Å². The third kappa shape index (κ3) is 3.06. The van der Waals surface area contributed by atoms with Crippen LogP contribution in [0.5, 0.6) is 11.5 Å². The minimum atomic E-state index is -0.501. The van der Waals surface area contributed by atoms with Gasteiger partial charge in [0.1, 0.15) is 17.6 Å². The van der Waals surface area contributed by atoms with E-state index in [4.69, 9.17) is 9.47 Å². The van der Waals surface area contributed by atoms with Crippen LogP contribution in [0.1, 0.15) is 36.7 Å². The van der Waals surface area contributed by atoms with Crippen LogP contribution < -0.4 is 9.47 Å². The lowest BCUT2D eigenvalue weighted by Crippen LogP contribution is -2.19. The molecule has 0 fully saturated rings. The molecule has 2 aromatic rings. The molecule has 1 heterocycles. The number of hydrogen-bond acceptors (Lipinski definition) is 3. The second kappa shape index (κ2) is 6.08. The van der Waals surface area contributed by atoms with Crippen molar-refractivity contribution in [2.75, 3.05) is 6.61 Å². The predicted molar refractivity (Wildman–Crippen MR) is 84.7 cm³/mol. The first-order valence-electron chi connectivity index (χ1n) is 7.04. The SMILES string of the molecule is CCOc1ccc(C2C[C@H](O)c3ccc(Br)cc3O2)cc1. The third-order valence-electron chi connectivity index (χ3n) is 3.60. The van der Waals surface area contributed by atoms with Crippen molar-refractivity contribution >= 4 is 15.9 Å². The van der Waals surface area contributed by atoms with Crippen LogP contribution in [0.2, 0.25) is 0 Å². The van der Waals surface area contributed by atoms with E-state index in [1.807, 2.05) is 49.4 Å². The van der Waals surface area contributed by atoms with Gasteiger partial charge >= 0.3 is 0 Å². The Kier molecular flexibility index (Phi) is 4.17. The number of benzene rings is 2. The molecule has 0 aliphatic carbocycles. The van der Waals surface area contributed by atoms with Gasteiger partial charge in [-0.3, -0.25) is 0 Å². The van der Waals surface area contributed by atoms with Crippen molar-refractivity contribution in [1.82, 2.24) is 0 Å². The summed E-state index contributed by atoms with van der Waals surface area (Å²) < 4.78 is 12.4. The van der Waals surface area contributed by atoms with Gasteiger partial charge in [0, 0.05) is 16.5 Å². The van der Waals surface area contributed by atoms with E-state index in [1.54, 1.807) is 0 Å². The molecule has 21 heavy (non-hydrogen) atoms. The van der Waals surface area contributed by atoms with E-state index in [0.29, 0.717) is 13.0 Å². The second-order valence-corrected chi connectivity index (χ2v) is 5.96. The fourth-order valence-electron chi connectivity index (χ4n) is 2.57. The van der Waals surface area contributed by atoms with Crippen molar-refractivity contribution in [1.29, 1.82) is 0 Å². The lowest BCUT2D eigenvalue weighted by molar-refractivity contribution is 0.0656. The van der Waals surface area contributed by atoms with Crippen LogP contribution in [0.3, 0.4) is 0 Å². The highest BCUT2D eigenvalue weighted by atomic mass is 79.9. The number of aliphatic hydroxyl groups excluding tert-OH is 1. The fourth-order valence-corrected chi connectivity index (χ4v) is 2.91. The molecule has 1 aliphatic rings. The standard InChI is InChI=1S/C17H17BrO3/c1-2-20-13-6-3-11(4-7-13)16-10-15(19)14-8-5-12(18)9-17(14)21-16/h3-9,15-16,19H,2,10H2,1H3/t15-,16?/m0/s1. The highest BCUT2D eigenvalue weighted by molar-refractivity contribution is 9.10. The number of ether oxygens (including phenoxy) is 2. The van der Waals surface area contributed by atoms with E-state index in [0.717, 1.165) is 27.1 Å². The van der Waals surface area contributed by atoms with Crippen LogP contribution in [0, 0.1) is 0 Å². The van der Waals surface area contributed by atoms with Crippen LogP contribution in [-0.4, -0.2) is 11.7 Å². The topological polar surface area (TPSA) is 38.7 Å². The molecule has 0 saturated carbocycles. The van der Waals surface area contributed by atoms with Gasteiger partial charge in [0.05, 0.1) is 12.7 Å². The lowest BCUT2D eigenvalue weighted by atomic mass is 9.95. The molecule has 0 saturated heterocycles. The van der Waals surface area contributed by atoms with Crippen LogP contribution in [0.4, 0.5) is 0 Å². The van der Waals surface area contributed by atoms with E-state index >= 15 is 0 Å². The smallest absolute Gasteiger partial charge is 0.127 e. The Bertz CT molecular complexity index is 624. The van der Waals surface area contributed by atoms with Gasteiger partial charge in [-0.2, -0.15) is 0 Å². The molecule has 3 nitrogen and oxygen atoms in total. The summed E-state index contributed by atoms with van der Waals surface area (Å²) >= 11 is 3.44. The Labute approximate surface area is 132 Å². The van der Waals surface area contributed by atoms with Crippen LogP contribution in [0.15, 0.2) is 46.9 Å². The van der Waals surface area contributed by atoms with E-state index in [1.165, 1.54) is 0 Å². The molecule has 0 radical (unpaired) electrons. The Morgan fingerprint density at radius 3 is 2.71 bits per heavy atom. The van der Waals surface area contributed by atoms with Crippen LogP contribution in [0.25, 0.3) is 0 Å². The molecule has 2 atom stereocenters. The summed E-state index contributed by atoms with van der Waals surface area (Å²) in [6.45, 7) is 2.61. The number of halogens is 1. The average molecular weight is 349 g/mol. The van der Waals surface area contributed by atoms with Gasteiger partial charge in [0.2, 0.25) is 0 Å². The average Bonchev–Trinajstić information content (AvgIpc) is 2.48. The molecule has 4 heteroatoms. The van der Waals surface area contributed by atoms with Gasteiger partial charge in [-0.25, -0.2) is 0 Å². The highest BCUT2D eigenvalue weighted by Gasteiger charge is 2.28. The quantitative estimate of drug-likeness (QED) is 0.892. The number of hydrogen-bond donors (Lipinski definition) is 1. The fraction of sp³-hybridized carbons (Fsp3) is 0.294. The zero-order valence-corrected chi connectivity index (χ0v) is 13.3. The number of fused-ring (bicyclic) bond motifs is 1. The van der Waals surface area contributed by atoms with Gasteiger partial charge in [-0.05, 0) is 36.8 Å². The summed E-state index contributed by atoms with van der Waals surface area (Å²) in [7, 11) is 0. The summed E-state index contributed by atoms with van der Waals surface area (Å²) in [5, 5.41) is 10.3. The molecular formula is C17H17BrO3. The first-order valence-corrected chi connectivity index (χ1v) is 7.83. The first-order chi connectivity index (χ1) is 10.2. The maximum Gasteiger partial charge on any atom is 0.127 e. The largest absolute Gasteiger partial charge is 0.494 e. The predicted octanol–water partition coefficient (Wildman–Crippen LogP) is 4.41. The van der Waals surface area contributed by atoms with Crippen molar-refractivity contribution in [2.45, 2.75) is 25.6 Å². The van der Waals surface area contributed by atoms with Crippen LogP contribution >= 0.6 is 15.9 Å². The summed E-state index contributed by atoms with van der Waals surface area (Å²) in [5.74, 6) is 1.59. The molecule has 1 unspecified atom stereocenters. The Hall–Kier alpha value is -1.52. The molecule has 3 rings (SSSR count). The monoisotopic (exact) mass is 348 g/mol. The lowest BCUT2D eigenvalue weighted by Gasteiger charge is -2.30. The van der Waals surface area contributed by atoms with E-state index < -0.39 is 6.10 Å². The summed E-state index contributed by atoms with van der Waals surface area (Å²) in [6, 6.07) is 13.6. The van der Waals surface area contributed by atoms with Gasteiger partial charge in [-0.15, -0.1) is 0 Å².